The number of aromatic nitrogens is 2. The Balaban J connectivity index is 2.15. The molecule has 0 bridgehead atoms. The summed E-state index contributed by atoms with van der Waals surface area (Å²) >= 11 is 0. The van der Waals surface area contributed by atoms with Crippen LogP contribution >= 0.6 is 0 Å². The molecule has 7 heteroatoms. The Morgan fingerprint density at radius 2 is 2.16 bits per heavy atom. The molecule has 0 spiro atoms. The van der Waals surface area contributed by atoms with Crippen LogP contribution in [0.5, 0.6) is 0 Å². The Hall–Kier alpha value is -2.18. The Morgan fingerprint density at radius 1 is 1.42 bits per heavy atom. The lowest BCUT2D eigenvalue weighted by atomic mass is 10.0. The van der Waals surface area contributed by atoms with Crippen LogP contribution in [0.25, 0.3) is 0 Å². The molecule has 1 aliphatic rings. The van der Waals surface area contributed by atoms with E-state index in [2.05, 4.69) is 15.5 Å². The van der Waals surface area contributed by atoms with Crippen LogP contribution in [-0.2, 0) is 4.79 Å². The van der Waals surface area contributed by atoms with Gasteiger partial charge in [0, 0.05) is 19.6 Å². The summed E-state index contributed by atoms with van der Waals surface area (Å²) in [5.41, 5.74) is 0.243. The summed E-state index contributed by atoms with van der Waals surface area (Å²) in [6.45, 7) is 2.49. The Morgan fingerprint density at radius 3 is 2.63 bits per heavy atom. The van der Waals surface area contributed by atoms with Gasteiger partial charge < -0.3 is 15.3 Å². The normalized spacial score (nSPS) is 22.3. The maximum Gasteiger partial charge on any atom is 0.308 e. The summed E-state index contributed by atoms with van der Waals surface area (Å²) in [6, 6.07) is 3.15. The van der Waals surface area contributed by atoms with Crippen LogP contribution in [0, 0.1) is 5.92 Å². The molecule has 1 fully saturated rings. The third-order valence-corrected chi connectivity index (χ3v) is 3.48. The molecule has 1 aromatic rings. The molecule has 1 saturated heterocycles. The average Bonchev–Trinajstić information content (AvgIpc) is 2.80. The first-order valence-corrected chi connectivity index (χ1v) is 6.10. The van der Waals surface area contributed by atoms with Crippen LogP contribution < -0.4 is 10.2 Å². The number of rotatable bonds is 3. The number of carbonyl (C=O) groups excluding carboxylic acids is 1. The number of carbonyl (C=O) groups is 2. The molecule has 7 nitrogen and oxygen atoms in total. The molecule has 19 heavy (non-hydrogen) atoms. The van der Waals surface area contributed by atoms with Gasteiger partial charge in [-0.25, -0.2) is 0 Å². The highest BCUT2D eigenvalue weighted by molar-refractivity contribution is 5.91. The number of carboxylic acid groups (broad SMARTS) is 1. The number of hydrogen-bond acceptors (Lipinski definition) is 5. The van der Waals surface area contributed by atoms with Crippen molar-refractivity contribution in [3.63, 3.8) is 0 Å². The summed E-state index contributed by atoms with van der Waals surface area (Å²) in [7, 11) is 1.53. The van der Waals surface area contributed by atoms with Gasteiger partial charge in [-0.1, -0.05) is 0 Å². The third-order valence-electron chi connectivity index (χ3n) is 3.48. The lowest BCUT2D eigenvalue weighted by Gasteiger charge is -2.23. The quantitative estimate of drug-likeness (QED) is 0.806. The van der Waals surface area contributed by atoms with Crippen molar-refractivity contribution in [1.29, 1.82) is 0 Å². The van der Waals surface area contributed by atoms with E-state index in [1.54, 1.807) is 12.1 Å². The molecule has 0 aromatic carbocycles. The summed E-state index contributed by atoms with van der Waals surface area (Å²) in [6.07, 6.45) is 0.593. The van der Waals surface area contributed by atoms with Crippen LogP contribution in [0.1, 0.15) is 23.8 Å². The van der Waals surface area contributed by atoms with Crippen molar-refractivity contribution >= 4 is 17.7 Å². The van der Waals surface area contributed by atoms with E-state index in [0.29, 0.717) is 18.8 Å². The molecule has 2 unspecified atom stereocenters. The smallest absolute Gasteiger partial charge is 0.308 e. The van der Waals surface area contributed by atoms with E-state index in [9.17, 15) is 9.59 Å². The summed E-state index contributed by atoms with van der Waals surface area (Å²) in [5.74, 6) is -0.869. The Kier molecular flexibility index (Phi) is 3.64. The lowest BCUT2D eigenvalue weighted by molar-refractivity contribution is -0.141. The molecule has 1 amide bonds. The monoisotopic (exact) mass is 264 g/mol. The molecule has 2 N–H and O–H groups in total. The number of anilines is 1. The van der Waals surface area contributed by atoms with E-state index in [-0.39, 0.29) is 23.6 Å². The van der Waals surface area contributed by atoms with Gasteiger partial charge in [-0.15, -0.1) is 10.2 Å². The maximum absolute atomic E-state index is 11.3. The van der Waals surface area contributed by atoms with Crippen molar-refractivity contribution in [3.05, 3.63) is 17.8 Å². The predicted molar refractivity (Wildman–Crippen MR) is 68.0 cm³/mol. The van der Waals surface area contributed by atoms with E-state index >= 15 is 0 Å². The minimum atomic E-state index is -0.787. The van der Waals surface area contributed by atoms with Crippen molar-refractivity contribution in [2.75, 3.05) is 18.5 Å². The van der Waals surface area contributed by atoms with Crippen LogP contribution in [0.4, 0.5) is 5.82 Å². The fraction of sp³-hybridized carbons (Fsp3) is 0.500. The van der Waals surface area contributed by atoms with Crippen molar-refractivity contribution in [3.8, 4) is 0 Å². The van der Waals surface area contributed by atoms with Gasteiger partial charge in [0.05, 0.1) is 5.92 Å². The molecule has 102 valence electrons. The highest BCUT2D eigenvalue weighted by atomic mass is 16.4. The van der Waals surface area contributed by atoms with Crippen LogP contribution in [0.15, 0.2) is 12.1 Å². The van der Waals surface area contributed by atoms with E-state index < -0.39 is 5.97 Å². The molecule has 2 atom stereocenters. The molecule has 0 saturated carbocycles. The highest BCUT2D eigenvalue weighted by Gasteiger charge is 2.36. The molecule has 1 aliphatic heterocycles. The summed E-state index contributed by atoms with van der Waals surface area (Å²) in [5, 5.41) is 19.4. The summed E-state index contributed by atoms with van der Waals surface area (Å²) in [4.78, 5) is 24.3. The minimum Gasteiger partial charge on any atom is -0.481 e. The zero-order chi connectivity index (χ0) is 14.0. The first-order valence-electron chi connectivity index (χ1n) is 6.10. The SMILES string of the molecule is CNC(=O)c1ccc(N2CCC(C(=O)O)C2C)nn1. The van der Waals surface area contributed by atoms with E-state index in [0.717, 1.165) is 0 Å². The number of nitrogens with zero attached hydrogens (tertiary/aromatic N) is 3. The minimum absolute atomic E-state index is 0.127. The lowest BCUT2D eigenvalue weighted by Crippen LogP contribution is -2.33. The predicted octanol–water partition coefficient (Wildman–Crippen LogP) is 0.136. The third kappa shape index (κ3) is 2.49. The first-order chi connectivity index (χ1) is 9.04. The highest BCUT2D eigenvalue weighted by Crippen LogP contribution is 2.28. The zero-order valence-electron chi connectivity index (χ0n) is 10.8. The Labute approximate surface area is 110 Å². The van der Waals surface area contributed by atoms with Gasteiger partial charge in [0.25, 0.3) is 5.91 Å². The van der Waals surface area contributed by atoms with Gasteiger partial charge in [-0.3, -0.25) is 9.59 Å². The van der Waals surface area contributed by atoms with Crippen LogP contribution in [0.2, 0.25) is 0 Å². The standard InChI is InChI=1S/C12H16N4O3/c1-7-8(12(18)19)5-6-16(7)10-4-3-9(14-15-10)11(17)13-2/h3-4,7-8H,5-6H2,1-2H3,(H,13,17)(H,18,19). The molecule has 0 radical (unpaired) electrons. The van der Waals surface area contributed by atoms with Gasteiger partial charge in [0.1, 0.15) is 0 Å². The Bertz CT molecular complexity index is 488. The second-order valence-electron chi connectivity index (χ2n) is 4.52. The van der Waals surface area contributed by atoms with E-state index in [4.69, 9.17) is 5.11 Å². The fourth-order valence-electron chi connectivity index (χ4n) is 2.32. The molecule has 2 heterocycles. The van der Waals surface area contributed by atoms with Crippen LogP contribution in [0.3, 0.4) is 0 Å². The fourth-order valence-corrected chi connectivity index (χ4v) is 2.32. The van der Waals surface area contributed by atoms with E-state index in [1.165, 1.54) is 7.05 Å². The maximum atomic E-state index is 11.3. The molecule has 0 aliphatic carbocycles. The number of carboxylic acids is 1. The number of amides is 1. The van der Waals surface area contributed by atoms with Crippen molar-refractivity contribution in [1.82, 2.24) is 15.5 Å². The second-order valence-corrected chi connectivity index (χ2v) is 4.52. The van der Waals surface area contributed by atoms with Gasteiger partial charge >= 0.3 is 5.97 Å². The van der Waals surface area contributed by atoms with E-state index in [1.807, 2.05) is 11.8 Å². The number of nitrogens with one attached hydrogen (secondary N) is 1. The van der Waals surface area contributed by atoms with Gasteiger partial charge in [0.2, 0.25) is 0 Å². The van der Waals surface area contributed by atoms with Gasteiger partial charge in [-0.05, 0) is 25.5 Å². The largest absolute Gasteiger partial charge is 0.481 e. The molecule has 2 rings (SSSR count). The van der Waals surface area contributed by atoms with Gasteiger partial charge in [0.15, 0.2) is 11.5 Å². The second kappa shape index (κ2) is 5.21. The topological polar surface area (TPSA) is 95.4 Å². The number of hydrogen-bond donors (Lipinski definition) is 2. The molecule has 1 aromatic heterocycles. The van der Waals surface area contributed by atoms with Crippen molar-refractivity contribution in [2.24, 2.45) is 5.92 Å². The van der Waals surface area contributed by atoms with Gasteiger partial charge in [-0.2, -0.15) is 0 Å². The van der Waals surface area contributed by atoms with Crippen LogP contribution in [-0.4, -0.2) is 46.8 Å². The van der Waals surface area contributed by atoms with Crippen molar-refractivity contribution in [2.45, 2.75) is 19.4 Å². The number of aliphatic carboxylic acids is 1. The first kappa shape index (κ1) is 13.3. The average molecular weight is 264 g/mol. The van der Waals surface area contributed by atoms with Crippen molar-refractivity contribution < 1.29 is 14.7 Å². The molecular formula is C12H16N4O3. The molecular weight excluding hydrogens is 248 g/mol. The zero-order valence-corrected chi connectivity index (χ0v) is 10.8. The summed E-state index contributed by atoms with van der Waals surface area (Å²) < 4.78 is 0.